The number of nitrogens with zero attached hydrogens (tertiary/aromatic N) is 1. The van der Waals surface area contributed by atoms with Crippen molar-refractivity contribution in [1.82, 2.24) is 0 Å². The van der Waals surface area contributed by atoms with E-state index < -0.39 is 0 Å². The molecule has 0 saturated carbocycles. The van der Waals surface area contributed by atoms with Crippen molar-refractivity contribution in [2.24, 2.45) is 0 Å². The van der Waals surface area contributed by atoms with E-state index in [2.05, 4.69) is 60.1 Å². The van der Waals surface area contributed by atoms with Gasteiger partial charge in [-0.15, -0.1) is 0 Å². The van der Waals surface area contributed by atoms with Crippen molar-refractivity contribution < 1.29 is 9.22 Å². The zero-order chi connectivity index (χ0) is 12.3. The predicted octanol–water partition coefficient (Wildman–Crippen LogP) is 3.12. The average molecular weight is 222 g/mol. The molecule has 0 heterocycles. The fourth-order valence-electron chi connectivity index (χ4n) is 1.91. The van der Waals surface area contributed by atoms with Crippen molar-refractivity contribution in [3.63, 3.8) is 0 Å². The van der Waals surface area contributed by atoms with Crippen LogP contribution in [0.4, 0.5) is 0 Å². The van der Waals surface area contributed by atoms with Gasteiger partial charge in [0, 0.05) is 6.42 Å². The summed E-state index contributed by atoms with van der Waals surface area (Å²) in [6.07, 6.45) is 1.22. The van der Waals surface area contributed by atoms with Crippen LogP contribution in [0.15, 0.2) is 18.2 Å². The molecule has 90 valence electrons. The van der Waals surface area contributed by atoms with E-state index in [9.17, 15) is 0 Å². The highest BCUT2D eigenvalue weighted by Gasteiger charge is 2.24. The van der Waals surface area contributed by atoms with E-state index in [0.717, 1.165) is 16.7 Å². The zero-order valence-corrected chi connectivity index (χ0v) is 11.4. The maximum Gasteiger partial charge on any atom is 0.232 e. The summed E-state index contributed by atoms with van der Waals surface area (Å²) in [7, 11) is 6.51. The summed E-state index contributed by atoms with van der Waals surface area (Å²) in [4.78, 5) is 0. The Kier molecular flexibility index (Phi) is 3.98. The first kappa shape index (κ1) is 13.0. The lowest BCUT2D eigenvalue weighted by Crippen LogP contribution is -2.48. The summed E-state index contributed by atoms with van der Waals surface area (Å²) in [6.45, 7) is 6.37. The second-order valence-electron chi connectivity index (χ2n) is 5.32. The van der Waals surface area contributed by atoms with Crippen LogP contribution in [-0.2, 0) is 0 Å². The molecular formula is C14H24NO+. The first-order valence-corrected chi connectivity index (χ1v) is 5.90. The van der Waals surface area contributed by atoms with Gasteiger partial charge in [0.2, 0.25) is 6.23 Å². The van der Waals surface area contributed by atoms with Gasteiger partial charge in [-0.25, -0.2) is 0 Å². The highest BCUT2D eigenvalue weighted by Crippen LogP contribution is 2.25. The molecule has 0 aliphatic rings. The lowest BCUT2D eigenvalue weighted by molar-refractivity contribution is -0.915. The van der Waals surface area contributed by atoms with Crippen LogP contribution < -0.4 is 4.74 Å². The second-order valence-corrected chi connectivity index (χ2v) is 5.32. The van der Waals surface area contributed by atoms with Crippen molar-refractivity contribution in [3.05, 3.63) is 29.3 Å². The van der Waals surface area contributed by atoms with Gasteiger partial charge in [0.25, 0.3) is 0 Å². The predicted molar refractivity (Wildman–Crippen MR) is 68.7 cm³/mol. The minimum absolute atomic E-state index is 0.208. The Balaban J connectivity index is 2.95. The molecular weight excluding hydrogens is 198 g/mol. The molecule has 2 heteroatoms. The number of para-hydroxylation sites is 1. The van der Waals surface area contributed by atoms with Gasteiger partial charge >= 0.3 is 0 Å². The van der Waals surface area contributed by atoms with E-state index in [4.69, 9.17) is 4.74 Å². The molecule has 0 saturated heterocycles. The van der Waals surface area contributed by atoms with Crippen LogP contribution in [0, 0.1) is 13.8 Å². The highest BCUT2D eigenvalue weighted by molar-refractivity contribution is 5.39. The van der Waals surface area contributed by atoms with Gasteiger partial charge in [0.1, 0.15) is 5.75 Å². The summed E-state index contributed by atoms with van der Waals surface area (Å²) in [5.41, 5.74) is 2.43. The normalized spacial score (nSPS) is 13.6. The number of aryl methyl sites for hydroxylation is 2. The van der Waals surface area contributed by atoms with Crippen molar-refractivity contribution in [2.75, 3.05) is 21.1 Å². The summed E-state index contributed by atoms with van der Waals surface area (Å²) in [6, 6.07) is 6.28. The largest absolute Gasteiger partial charge is 0.442 e. The monoisotopic (exact) mass is 222 g/mol. The van der Waals surface area contributed by atoms with Crippen LogP contribution in [0.2, 0.25) is 0 Å². The van der Waals surface area contributed by atoms with E-state index in [0.29, 0.717) is 0 Å². The van der Waals surface area contributed by atoms with E-state index in [-0.39, 0.29) is 6.23 Å². The SMILES string of the molecule is CCC(Oc1c(C)cccc1C)[N+](C)(C)C. The van der Waals surface area contributed by atoms with E-state index >= 15 is 0 Å². The number of ether oxygens (including phenoxy) is 1. The van der Waals surface area contributed by atoms with E-state index in [1.807, 2.05) is 0 Å². The Labute approximate surface area is 99.4 Å². The Bertz CT molecular complexity index is 332. The molecule has 1 atom stereocenters. The molecule has 0 bridgehead atoms. The maximum atomic E-state index is 6.16. The third-order valence-corrected chi connectivity index (χ3v) is 2.88. The molecule has 0 fully saturated rings. The smallest absolute Gasteiger partial charge is 0.232 e. The number of hydrogen-bond donors (Lipinski definition) is 0. The Morgan fingerprint density at radius 3 is 2.00 bits per heavy atom. The van der Waals surface area contributed by atoms with Crippen molar-refractivity contribution >= 4 is 0 Å². The molecule has 0 N–H and O–H groups in total. The van der Waals surface area contributed by atoms with Gasteiger partial charge in [-0.3, -0.25) is 4.48 Å². The average Bonchev–Trinajstić information content (AvgIpc) is 2.15. The topological polar surface area (TPSA) is 9.23 Å². The number of benzene rings is 1. The van der Waals surface area contributed by atoms with Crippen LogP contribution in [0.5, 0.6) is 5.75 Å². The molecule has 0 aliphatic heterocycles. The van der Waals surface area contributed by atoms with Crippen LogP contribution in [0.25, 0.3) is 0 Å². The zero-order valence-electron chi connectivity index (χ0n) is 11.4. The molecule has 0 aliphatic carbocycles. The van der Waals surface area contributed by atoms with E-state index in [1.165, 1.54) is 11.1 Å². The summed E-state index contributed by atoms with van der Waals surface area (Å²) in [5.74, 6) is 1.04. The lowest BCUT2D eigenvalue weighted by Gasteiger charge is -2.34. The molecule has 0 amide bonds. The van der Waals surface area contributed by atoms with Crippen molar-refractivity contribution in [1.29, 1.82) is 0 Å². The first-order chi connectivity index (χ1) is 7.36. The molecule has 0 radical (unpaired) electrons. The van der Waals surface area contributed by atoms with Crippen LogP contribution in [0.3, 0.4) is 0 Å². The van der Waals surface area contributed by atoms with E-state index in [1.54, 1.807) is 0 Å². The van der Waals surface area contributed by atoms with Crippen LogP contribution >= 0.6 is 0 Å². The molecule has 1 aromatic carbocycles. The van der Waals surface area contributed by atoms with Gasteiger partial charge in [-0.1, -0.05) is 25.1 Å². The van der Waals surface area contributed by atoms with Crippen LogP contribution in [-0.4, -0.2) is 31.9 Å². The lowest BCUT2D eigenvalue weighted by atomic mass is 10.1. The standard InChI is InChI=1S/C14H24NO/c1-7-13(15(4,5)6)16-14-11(2)9-8-10-12(14)3/h8-10,13H,7H2,1-6H3/q+1. The third kappa shape index (κ3) is 2.99. The molecule has 0 aromatic heterocycles. The van der Waals surface area contributed by atoms with Gasteiger partial charge in [-0.2, -0.15) is 0 Å². The molecule has 1 rings (SSSR count). The van der Waals surface area contributed by atoms with Gasteiger partial charge in [0.05, 0.1) is 21.1 Å². The quantitative estimate of drug-likeness (QED) is 0.562. The second kappa shape index (κ2) is 4.88. The van der Waals surface area contributed by atoms with Crippen molar-refractivity contribution in [2.45, 2.75) is 33.4 Å². The summed E-state index contributed by atoms with van der Waals surface area (Å²) >= 11 is 0. The molecule has 2 nitrogen and oxygen atoms in total. The Morgan fingerprint density at radius 2 is 1.62 bits per heavy atom. The minimum Gasteiger partial charge on any atom is -0.442 e. The third-order valence-electron chi connectivity index (χ3n) is 2.88. The maximum absolute atomic E-state index is 6.16. The van der Waals surface area contributed by atoms with Gasteiger partial charge in [-0.05, 0) is 25.0 Å². The van der Waals surface area contributed by atoms with Gasteiger partial charge in [0.15, 0.2) is 0 Å². The minimum atomic E-state index is 0.208. The van der Waals surface area contributed by atoms with Crippen molar-refractivity contribution in [3.8, 4) is 5.75 Å². The van der Waals surface area contributed by atoms with Crippen LogP contribution in [0.1, 0.15) is 24.5 Å². The number of rotatable bonds is 4. The molecule has 1 aromatic rings. The number of quaternary nitrogens is 1. The van der Waals surface area contributed by atoms with Gasteiger partial charge < -0.3 is 4.74 Å². The first-order valence-electron chi connectivity index (χ1n) is 5.90. The highest BCUT2D eigenvalue weighted by atomic mass is 16.5. The fourth-order valence-corrected chi connectivity index (χ4v) is 1.91. The number of hydrogen-bond acceptors (Lipinski definition) is 1. The Morgan fingerprint density at radius 1 is 1.12 bits per heavy atom. The summed E-state index contributed by atoms with van der Waals surface area (Å²) in [5, 5.41) is 0. The molecule has 0 spiro atoms. The Hall–Kier alpha value is -1.02. The summed E-state index contributed by atoms with van der Waals surface area (Å²) < 4.78 is 6.99. The molecule has 16 heavy (non-hydrogen) atoms. The molecule has 1 unspecified atom stereocenters. The fraction of sp³-hybridized carbons (Fsp3) is 0.571.